The summed E-state index contributed by atoms with van der Waals surface area (Å²) in [5.74, 6) is -0.251. The fraction of sp³-hybridized carbons (Fsp3) is 0.429. The average Bonchev–Trinajstić information content (AvgIpc) is 2.84. The maximum Gasteiger partial charge on any atom is 0.341 e. The number of benzene rings is 1. The van der Waals surface area contributed by atoms with E-state index in [0.717, 1.165) is 6.54 Å². The molecule has 6 heteroatoms. The molecule has 20 heavy (non-hydrogen) atoms. The van der Waals surface area contributed by atoms with Crippen LogP contribution in [0.2, 0.25) is 0 Å². The van der Waals surface area contributed by atoms with Gasteiger partial charge in [-0.3, -0.25) is 4.79 Å². The Labute approximate surface area is 117 Å². The number of amides is 1. The molecule has 0 bridgehead atoms. The maximum absolute atomic E-state index is 12.1. The van der Waals surface area contributed by atoms with Gasteiger partial charge in [-0.1, -0.05) is 6.92 Å². The molecule has 1 aromatic rings. The Morgan fingerprint density at radius 1 is 1.35 bits per heavy atom. The third-order valence-electron chi connectivity index (χ3n) is 3.34. The highest BCUT2D eigenvalue weighted by Gasteiger charge is 2.29. The van der Waals surface area contributed by atoms with Crippen LogP contribution in [0.3, 0.4) is 0 Å². The Kier molecular flexibility index (Phi) is 4.57. The number of nitrogens with one attached hydrogen (secondary N) is 2. The molecule has 1 aromatic carbocycles. The molecule has 0 saturated carbocycles. The fourth-order valence-electron chi connectivity index (χ4n) is 2.18. The summed E-state index contributed by atoms with van der Waals surface area (Å²) >= 11 is 0. The van der Waals surface area contributed by atoms with Gasteiger partial charge in [-0.15, -0.1) is 0 Å². The maximum atomic E-state index is 12.1. The number of anilines is 1. The van der Waals surface area contributed by atoms with Crippen LogP contribution in [0.25, 0.3) is 0 Å². The van der Waals surface area contributed by atoms with Gasteiger partial charge in [0.2, 0.25) is 5.91 Å². The number of hydrogen-bond donors (Lipinski definition) is 3. The van der Waals surface area contributed by atoms with Gasteiger partial charge in [0, 0.05) is 12.2 Å². The lowest BCUT2D eigenvalue weighted by Crippen LogP contribution is -2.27. The number of carboxylic acid groups (broad SMARTS) is 1. The van der Waals surface area contributed by atoms with E-state index in [4.69, 9.17) is 9.84 Å². The molecule has 3 N–H and O–H groups in total. The number of ether oxygens (including phenoxy) is 1. The summed E-state index contributed by atoms with van der Waals surface area (Å²) in [4.78, 5) is 22.4. The van der Waals surface area contributed by atoms with Gasteiger partial charge in [0.15, 0.2) is 6.61 Å². The molecular formula is C14H18N2O4. The predicted octanol–water partition coefficient (Wildman–Crippen LogP) is 0.944. The number of rotatable bonds is 5. The first-order chi connectivity index (χ1) is 9.56. The van der Waals surface area contributed by atoms with Crippen LogP contribution in [-0.2, 0) is 9.59 Å². The van der Waals surface area contributed by atoms with E-state index in [1.165, 1.54) is 0 Å². The zero-order chi connectivity index (χ0) is 14.5. The van der Waals surface area contributed by atoms with E-state index in [9.17, 15) is 9.59 Å². The lowest BCUT2D eigenvalue weighted by Gasteiger charge is -2.14. The van der Waals surface area contributed by atoms with Crippen LogP contribution in [0.1, 0.15) is 6.92 Å². The third kappa shape index (κ3) is 3.71. The fourth-order valence-corrected chi connectivity index (χ4v) is 2.18. The van der Waals surface area contributed by atoms with E-state index in [1.54, 1.807) is 24.3 Å². The summed E-state index contributed by atoms with van der Waals surface area (Å²) in [6.07, 6.45) is 0. The molecular weight excluding hydrogens is 260 g/mol. The summed E-state index contributed by atoms with van der Waals surface area (Å²) in [6, 6.07) is 6.66. The third-order valence-corrected chi connectivity index (χ3v) is 3.34. The summed E-state index contributed by atoms with van der Waals surface area (Å²) in [5.41, 5.74) is 0.678. The predicted molar refractivity (Wildman–Crippen MR) is 73.7 cm³/mol. The molecule has 2 atom stereocenters. The van der Waals surface area contributed by atoms with E-state index in [-0.39, 0.29) is 18.4 Å². The number of carboxylic acids is 1. The number of hydrogen-bond acceptors (Lipinski definition) is 4. The first-order valence-electron chi connectivity index (χ1n) is 6.52. The molecule has 108 valence electrons. The molecule has 2 unspecified atom stereocenters. The van der Waals surface area contributed by atoms with Crippen LogP contribution in [-0.4, -0.2) is 36.7 Å². The van der Waals surface area contributed by atoms with E-state index in [1.807, 2.05) is 6.92 Å². The second-order valence-corrected chi connectivity index (χ2v) is 4.94. The molecule has 1 aliphatic rings. The van der Waals surface area contributed by atoms with Crippen molar-refractivity contribution in [1.29, 1.82) is 0 Å². The van der Waals surface area contributed by atoms with Gasteiger partial charge >= 0.3 is 5.97 Å². The lowest BCUT2D eigenvalue weighted by molar-refractivity contribution is -0.139. The number of aliphatic carboxylic acids is 1. The zero-order valence-electron chi connectivity index (χ0n) is 11.3. The minimum absolute atomic E-state index is 0.00158. The normalized spacial score (nSPS) is 21.4. The van der Waals surface area contributed by atoms with Crippen molar-refractivity contribution in [3.63, 3.8) is 0 Å². The van der Waals surface area contributed by atoms with Crippen LogP contribution < -0.4 is 15.4 Å². The molecule has 1 heterocycles. The van der Waals surface area contributed by atoms with E-state index >= 15 is 0 Å². The van der Waals surface area contributed by atoms with Crippen LogP contribution >= 0.6 is 0 Å². The number of carbonyl (C=O) groups excluding carboxylic acids is 1. The van der Waals surface area contributed by atoms with Crippen molar-refractivity contribution >= 4 is 17.6 Å². The van der Waals surface area contributed by atoms with Crippen LogP contribution in [0, 0.1) is 11.8 Å². The summed E-state index contributed by atoms with van der Waals surface area (Å²) in [7, 11) is 0. The number of carbonyl (C=O) groups is 2. The molecule has 0 radical (unpaired) electrons. The first kappa shape index (κ1) is 14.3. The van der Waals surface area contributed by atoms with Gasteiger partial charge in [-0.2, -0.15) is 0 Å². The van der Waals surface area contributed by atoms with Crippen LogP contribution in [0.15, 0.2) is 24.3 Å². The minimum Gasteiger partial charge on any atom is -0.482 e. The van der Waals surface area contributed by atoms with E-state index in [0.29, 0.717) is 23.9 Å². The SMILES string of the molecule is CC1CNCC1C(=O)Nc1ccc(OCC(=O)O)cc1. The van der Waals surface area contributed by atoms with Crippen molar-refractivity contribution in [3.05, 3.63) is 24.3 Å². The highest BCUT2D eigenvalue weighted by atomic mass is 16.5. The quantitative estimate of drug-likeness (QED) is 0.746. The van der Waals surface area contributed by atoms with Gasteiger partial charge in [-0.25, -0.2) is 4.79 Å². The summed E-state index contributed by atoms with van der Waals surface area (Å²) in [5, 5.41) is 14.6. The Hall–Kier alpha value is -2.08. The van der Waals surface area contributed by atoms with Gasteiger partial charge in [0.1, 0.15) is 5.75 Å². The molecule has 0 spiro atoms. The zero-order valence-corrected chi connectivity index (χ0v) is 11.3. The van der Waals surface area contributed by atoms with Crippen molar-refractivity contribution in [3.8, 4) is 5.75 Å². The molecule has 0 aliphatic carbocycles. The monoisotopic (exact) mass is 278 g/mol. The van der Waals surface area contributed by atoms with Gasteiger partial charge in [-0.05, 0) is 36.7 Å². The molecule has 1 amide bonds. The van der Waals surface area contributed by atoms with Crippen molar-refractivity contribution in [2.24, 2.45) is 11.8 Å². The van der Waals surface area contributed by atoms with E-state index < -0.39 is 5.97 Å². The topological polar surface area (TPSA) is 87.7 Å². The molecule has 1 aliphatic heterocycles. The lowest BCUT2D eigenvalue weighted by atomic mass is 9.97. The second kappa shape index (κ2) is 6.38. The van der Waals surface area contributed by atoms with Gasteiger partial charge in [0.05, 0.1) is 5.92 Å². The molecule has 0 aromatic heterocycles. The van der Waals surface area contributed by atoms with Crippen molar-refractivity contribution in [1.82, 2.24) is 5.32 Å². The summed E-state index contributed by atoms with van der Waals surface area (Å²) < 4.78 is 5.02. The largest absolute Gasteiger partial charge is 0.482 e. The Bertz CT molecular complexity index is 486. The highest BCUT2D eigenvalue weighted by Crippen LogP contribution is 2.20. The van der Waals surface area contributed by atoms with Crippen molar-refractivity contribution in [2.45, 2.75) is 6.92 Å². The van der Waals surface area contributed by atoms with Crippen LogP contribution in [0.5, 0.6) is 5.75 Å². The second-order valence-electron chi connectivity index (χ2n) is 4.94. The van der Waals surface area contributed by atoms with Crippen molar-refractivity contribution < 1.29 is 19.4 Å². The highest BCUT2D eigenvalue weighted by molar-refractivity contribution is 5.93. The van der Waals surface area contributed by atoms with E-state index in [2.05, 4.69) is 10.6 Å². The van der Waals surface area contributed by atoms with Crippen molar-refractivity contribution in [2.75, 3.05) is 25.0 Å². The standard InChI is InChI=1S/C14H18N2O4/c1-9-6-15-7-12(9)14(19)16-10-2-4-11(5-3-10)20-8-13(17)18/h2-5,9,12,15H,6-8H2,1H3,(H,16,19)(H,17,18). The smallest absolute Gasteiger partial charge is 0.341 e. The van der Waals surface area contributed by atoms with Gasteiger partial charge in [0.25, 0.3) is 0 Å². The Morgan fingerprint density at radius 3 is 2.60 bits per heavy atom. The molecule has 6 nitrogen and oxygen atoms in total. The summed E-state index contributed by atoms with van der Waals surface area (Å²) in [6.45, 7) is 3.23. The first-order valence-corrected chi connectivity index (χ1v) is 6.52. The average molecular weight is 278 g/mol. The molecule has 2 rings (SSSR count). The molecule has 1 saturated heterocycles. The molecule has 1 fully saturated rings. The minimum atomic E-state index is -1.02. The Morgan fingerprint density at radius 2 is 2.05 bits per heavy atom. The van der Waals surface area contributed by atoms with Crippen LogP contribution in [0.4, 0.5) is 5.69 Å². The Balaban J connectivity index is 1.90. The van der Waals surface area contributed by atoms with Gasteiger partial charge < -0.3 is 20.5 Å².